The third-order valence-electron chi connectivity index (χ3n) is 2.80. The monoisotopic (exact) mass is 262 g/mol. The molecule has 0 heterocycles. The van der Waals surface area contributed by atoms with Gasteiger partial charge >= 0.3 is 6.36 Å². The quantitative estimate of drug-likeness (QED) is 0.873. The van der Waals surface area contributed by atoms with Gasteiger partial charge in [-0.1, -0.05) is 32.4 Å². The molecule has 1 N–H and O–H groups in total. The van der Waals surface area contributed by atoms with E-state index < -0.39 is 12.5 Å². The number of hydrogen-bond donors (Lipinski definition) is 1. The summed E-state index contributed by atoms with van der Waals surface area (Å²) in [5.41, 5.74) is 0.797. The molecule has 1 aromatic rings. The van der Waals surface area contributed by atoms with Crippen LogP contribution in [-0.2, 0) is 0 Å². The zero-order chi connectivity index (χ0) is 13.8. The van der Waals surface area contributed by atoms with Gasteiger partial charge in [-0.2, -0.15) is 0 Å². The summed E-state index contributed by atoms with van der Waals surface area (Å²) in [6, 6.07) is 5.62. The summed E-state index contributed by atoms with van der Waals surface area (Å²) in [4.78, 5) is 0. The van der Waals surface area contributed by atoms with Crippen LogP contribution in [0, 0.1) is 0 Å². The second-order valence-corrected chi connectivity index (χ2v) is 4.26. The van der Waals surface area contributed by atoms with Crippen LogP contribution in [0.15, 0.2) is 24.3 Å². The molecule has 0 spiro atoms. The average Bonchev–Trinajstić information content (AvgIpc) is 2.27. The minimum Gasteiger partial charge on any atom is -0.406 e. The van der Waals surface area contributed by atoms with Crippen molar-refractivity contribution in [1.82, 2.24) is 0 Å². The van der Waals surface area contributed by atoms with E-state index >= 15 is 0 Å². The van der Waals surface area contributed by atoms with E-state index in [0.29, 0.717) is 6.42 Å². The number of aliphatic hydroxyl groups excluding tert-OH is 1. The van der Waals surface area contributed by atoms with Gasteiger partial charge in [0.2, 0.25) is 0 Å². The van der Waals surface area contributed by atoms with E-state index in [4.69, 9.17) is 0 Å². The van der Waals surface area contributed by atoms with Gasteiger partial charge in [-0.3, -0.25) is 0 Å². The maximum absolute atomic E-state index is 12.0. The zero-order valence-electron chi connectivity index (χ0n) is 10.4. The molecule has 0 radical (unpaired) electrons. The fourth-order valence-electron chi connectivity index (χ4n) is 1.74. The lowest BCUT2D eigenvalue weighted by Crippen LogP contribution is -2.17. The summed E-state index contributed by atoms with van der Waals surface area (Å²) in [6.45, 7) is 3.82. The van der Waals surface area contributed by atoms with Crippen LogP contribution in [0.5, 0.6) is 5.75 Å². The smallest absolute Gasteiger partial charge is 0.406 e. The molecule has 0 aromatic heterocycles. The van der Waals surface area contributed by atoms with E-state index in [9.17, 15) is 18.3 Å². The summed E-state index contributed by atoms with van der Waals surface area (Å²) >= 11 is 0. The Morgan fingerprint density at radius 2 is 1.78 bits per heavy atom. The van der Waals surface area contributed by atoms with Crippen molar-refractivity contribution in [1.29, 1.82) is 0 Å². The summed E-state index contributed by atoms with van der Waals surface area (Å²) in [7, 11) is 0. The Labute approximate surface area is 104 Å². The molecule has 0 aliphatic heterocycles. The molecular weight excluding hydrogens is 245 g/mol. The van der Waals surface area contributed by atoms with Crippen LogP contribution in [0.2, 0.25) is 0 Å². The highest BCUT2D eigenvalue weighted by Crippen LogP contribution is 2.27. The molecule has 0 amide bonds. The zero-order valence-corrected chi connectivity index (χ0v) is 10.4. The van der Waals surface area contributed by atoms with Crippen LogP contribution < -0.4 is 4.74 Å². The molecule has 1 rings (SSSR count). The van der Waals surface area contributed by atoms with Gasteiger partial charge < -0.3 is 9.84 Å². The molecule has 0 saturated heterocycles. The van der Waals surface area contributed by atoms with E-state index in [1.165, 1.54) is 12.1 Å². The third kappa shape index (κ3) is 4.56. The number of ether oxygens (including phenoxy) is 1. The molecule has 102 valence electrons. The van der Waals surface area contributed by atoms with Crippen molar-refractivity contribution in [2.24, 2.45) is 0 Å². The van der Waals surface area contributed by atoms with Crippen molar-refractivity contribution < 1.29 is 23.0 Å². The highest BCUT2D eigenvalue weighted by atomic mass is 19.4. The summed E-state index contributed by atoms with van der Waals surface area (Å²) in [5, 5.41) is 9.82. The lowest BCUT2D eigenvalue weighted by Gasteiger charge is -2.19. The fraction of sp³-hybridized carbons (Fsp3) is 0.538. The first-order chi connectivity index (χ1) is 8.33. The predicted molar refractivity (Wildman–Crippen MR) is 62.5 cm³/mol. The molecule has 5 heteroatoms. The standard InChI is InChI=1S/C13H17F3O2/c1-3-4-12(17)9(2)10-5-7-11(8-6-10)18-13(14,15)16/h5-9,12,17H,3-4H2,1-2H3. The van der Waals surface area contributed by atoms with E-state index in [2.05, 4.69) is 4.74 Å². The number of hydrogen-bond acceptors (Lipinski definition) is 2. The van der Waals surface area contributed by atoms with Crippen LogP contribution in [0.3, 0.4) is 0 Å². The van der Waals surface area contributed by atoms with Gasteiger partial charge in [0.25, 0.3) is 0 Å². The van der Waals surface area contributed by atoms with Gasteiger partial charge in [-0.25, -0.2) is 0 Å². The second-order valence-electron chi connectivity index (χ2n) is 4.26. The SMILES string of the molecule is CCCC(O)C(C)c1ccc(OC(F)(F)F)cc1. The topological polar surface area (TPSA) is 29.5 Å². The normalized spacial score (nSPS) is 15.2. The summed E-state index contributed by atoms with van der Waals surface area (Å²) in [6.07, 6.45) is -3.62. The van der Waals surface area contributed by atoms with Gasteiger partial charge in [-0.15, -0.1) is 13.2 Å². The van der Waals surface area contributed by atoms with Crippen LogP contribution in [0.25, 0.3) is 0 Å². The maximum atomic E-state index is 12.0. The first-order valence-electron chi connectivity index (χ1n) is 5.87. The Morgan fingerprint density at radius 3 is 2.22 bits per heavy atom. The number of benzene rings is 1. The third-order valence-corrected chi connectivity index (χ3v) is 2.80. The van der Waals surface area contributed by atoms with E-state index in [1.807, 2.05) is 13.8 Å². The first kappa shape index (κ1) is 14.8. The minimum absolute atomic E-state index is 0.107. The van der Waals surface area contributed by atoms with Gasteiger partial charge in [0.05, 0.1) is 6.10 Å². The molecule has 1 aromatic carbocycles. The molecule has 0 aliphatic carbocycles. The Balaban J connectivity index is 2.70. The van der Waals surface area contributed by atoms with Gasteiger partial charge in [0, 0.05) is 5.92 Å². The van der Waals surface area contributed by atoms with Crippen LogP contribution in [0.1, 0.15) is 38.2 Å². The number of halogens is 3. The summed E-state index contributed by atoms with van der Waals surface area (Å²) in [5.74, 6) is -0.353. The molecule has 18 heavy (non-hydrogen) atoms. The average molecular weight is 262 g/mol. The predicted octanol–water partition coefficient (Wildman–Crippen LogP) is 3.85. The number of aliphatic hydroxyl groups is 1. The number of alkyl halides is 3. The summed E-state index contributed by atoms with van der Waals surface area (Å²) < 4.78 is 39.7. The molecule has 0 fully saturated rings. The largest absolute Gasteiger partial charge is 0.573 e. The molecule has 0 aliphatic rings. The van der Waals surface area contributed by atoms with Crippen LogP contribution >= 0.6 is 0 Å². The molecule has 2 unspecified atom stereocenters. The van der Waals surface area contributed by atoms with Crippen LogP contribution in [-0.4, -0.2) is 17.6 Å². The molecule has 0 saturated carbocycles. The lowest BCUT2D eigenvalue weighted by molar-refractivity contribution is -0.274. The Bertz CT molecular complexity index is 359. The van der Waals surface area contributed by atoms with Crippen molar-refractivity contribution in [2.45, 2.75) is 45.1 Å². The van der Waals surface area contributed by atoms with Crippen molar-refractivity contribution in [3.05, 3.63) is 29.8 Å². The minimum atomic E-state index is -4.67. The Kier molecular flexibility index (Phi) is 5.02. The van der Waals surface area contributed by atoms with E-state index in [0.717, 1.165) is 12.0 Å². The molecule has 0 bridgehead atoms. The van der Waals surface area contributed by atoms with Crippen molar-refractivity contribution in [3.63, 3.8) is 0 Å². The number of rotatable bonds is 5. The maximum Gasteiger partial charge on any atom is 0.573 e. The highest BCUT2D eigenvalue weighted by molar-refractivity contribution is 5.29. The van der Waals surface area contributed by atoms with Gasteiger partial charge in [0.1, 0.15) is 5.75 Å². The Morgan fingerprint density at radius 1 is 1.22 bits per heavy atom. The second kappa shape index (κ2) is 6.09. The molecular formula is C13H17F3O2. The van der Waals surface area contributed by atoms with Gasteiger partial charge in [0.15, 0.2) is 0 Å². The van der Waals surface area contributed by atoms with E-state index in [1.54, 1.807) is 12.1 Å². The van der Waals surface area contributed by atoms with E-state index in [-0.39, 0.29) is 11.7 Å². The highest BCUT2D eigenvalue weighted by Gasteiger charge is 2.31. The first-order valence-corrected chi connectivity index (χ1v) is 5.87. The molecule has 2 atom stereocenters. The van der Waals surface area contributed by atoms with Gasteiger partial charge in [-0.05, 0) is 24.1 Å². The van der Waals surface area contributed by atoms with Crippen molar-refractivity contribution in [2.75, 3.05) is 0 Å². The lowest BCUT2D eigenvalue weighted by atomic mass is 9.93. The van der Waals surface area contributed by atoms with Crippen molar-refractivity contribution >= 4 is 0 Å². The van der Waals surface area contributed by atoms with Crippen LogP contribution in [0.4, 0.5) is 13.2 Å². The Hall–Kier alpha value is -1.23. The fourth-order valence-corrected chi connectivity index (χ4v) is 1.74. The van der Waals surface area contributed by atoms with Crippen molar-refractivity contribution in [3.8, 4) is 5.75 Å². The molecule has 2 nitrogen and oxygen atoms in total.